The summed E-state index contributed by atoms with van der Waals surface area (Å²) in [5.41, 5.74) is 9.17. The van der Waals surface area contributed by atoms with Crippen LogP contribution in [0.4, 0.5) is 0 Å². The van der Waals surface area contributed by atoms with Crippen LogP contribution in [0.25, 0.3) is 10.9 Å². The van der Waals surface area contributed by atoms with Crippen LogP contribution in [0.3, 0.4) is 0 Å². The van der Waals surface area contributed by atoms with Crippen molar-refractivity contribution in [2.24, 2.45) is 0 Å². The van der Waals surface area contributed by atoms with Crippen LogP contribution in [0, 0.1) is 0 Å². The molecular formula is C35H43N7. The van der Waals surface area contributed by atoms with Gasteiger partial charge in [0.05, 0.1) is 5.69 Å². The molecule has 4 N–H and O–H groups in total. The number of nitrogens with zero attached hydrogens (tertiary/aromatic N) is 3. The maximum atomic E-state index is 4.43. The predicted molar refractivity (Wildman–Crippen MR) is 172 cm³/mol. The van der Waals surface area contributed by atoms with E-state index in [1.807, 2.05) is 18.3 Å². The lowest BCUT2D eigenvalue weighted by molar-refractivity contribution is 0.187. The summed E-state index contributed by atoms with van der Waals surface area (Å²) in [6.45, 7) is 10.5. The highest BCUT2D eigenvalue weighted by molar-refractivity contribution is 5.85. The fourth-order valence-electron chi connectivity index (χ4n) is 6.08. The van der Waals surface area contributed by atoms with Crippen molar-refractivity contribution in [1.29, 1.82) is 0 Å². The molecule has 2 aliphatic rings. The SMILES string of the molecule is CC1c2[nH]c3ccccc3c2CCN1Cc1ccc(CN(CCNCc2ccccn2)CNCC2=CC=CCN2)cc1. The van der Waals surface area contributed by atoms with Crippen LogP contribution in [-0.2, 0) is 26.1 Å². The molecule has 0 saturated carbocycles. The number of nitrogens with one attached hydrogen (secondary N) is 4. The first kappa shape index (κ1) is 28.4. The van der Waals surface area contributed by atoms with Crippen LogP contribution in [0.15, 0.2) is 96.9 Å². The summed E-state index contributed by atoms with van der Waals surface area (Å²) < 4.78 is 0. The Morgan fingerprint density at radius 1 is 0.976 bits per heavy atom. The van der Waals surface area contributed by atoms with Gasteiger partial charge in [0, 0.05) is 93.6 Å². The van der Waals surface area contributed by atoms with Crippen molar-refractivity contribution in [3.63, 3.8) is 0 Å². The van der Waals surface area contributed by atoms with E-state index < -0.39 is 0 Å². The maximum Gasteiger partial charge on any atom is 0.0541 e. The molecule has 4 heterocycles. The zero-order valence-electron chi connectivity index (χ0n) is 24.7. The minimum absolute atomic E-state index is 0.380. The third kappa shape index (κ3) is 7.17. The van der Waals surface area contributed by atoms with Gasteiger partial charge >= 0.3 is 0 Å². The summed E-state index contributed by atoms with van der Waals surface area (Å²) in [5.74, 6) is 0. The van der Waals surface area contributed by atoms with E-state index in [0.717, 1.165) is 71.1 Å². The molecule has 0 spiro atoms. The van der Waals surface area contributed by atoms with Gasteiger partial charge in [-0.3, -0.25) is 20.1 Å². The van der Waals surface area contributed by atoms with E-state index in [1.54, 1.807) is 0 Å². The van der Waals surface area contributed by atoms with Crippen LogP contribution >= 0.6 is 0 Å². The Morgan fingerprint density at radius 2 is 1.83 bits per heavy atom. The van der Waals surface area contributed by atoms with E-state index in [4.69, 9.17) is 0 Å². The van der Waals surface area contributed by atoms with E-state index in [2.05, 4.69) is 115 Å². The molecule has 2 aromatic carbocycles. The number of fused-ring (bicyclic) bond motifs is 3. The van der Waals surface area contributed by atoms with Crippen molar-refractivity contribution in [1.82, 2.24) is 35.7 Å². The molecule has 7 nitrogen and oxygen atoms in total. The Bertz CT molecular complexity index is 1490. The number of hydrogen-bond donors (Lipinski definition) is 4. The molecule has 4 aromatic rings. The van der Waals surface area contributed by atoms with Gasteiger partial charge in [0.2, 0.25) is 0 Å². The summed E-state index contributed by atoms with van der Waals surface area (Å²) >= 11 is 0. The monoisotopic (exact) mass is 561 g/mol. The lowest BCUT2D eigenvalue weighted by Gasteiger charge is -2.33. The number of rotatable bonds is 13. The fraction of sp³-hybridized carbons (Fsp3) is 0.343. The van der Waals surface area contributed by atoms with Gasteiger partial charge in [-0.15, -0.1) is 0 Å². The van der Waals surface area contributed by atoms with E-state index in [1.165, 1.54) is 39.0 Å². The van der Waals surface area contributed by atoms with Gasteiger partial charge in [0.1, 0.15) is 0 Å². The first-order valence-corrected chi connectivity index (χ1v) is 15.3. The van der Waals surface area contributed by atoms with Gasteiger partial charge in [-0.25, -0.2) is 0 Å². The van der Waals surface area contributed by atoms with Crippen LogP contribution in [0.5, 0.6) is 0 Å². The number of hydrogen-bond acceptors (Lipinski definition) is 6. The summed E-state index contributed by atoms with van der Waals surface area (Å²) in [7, 11) is 0. The predicted octanol–water partition coefficient (Wildman–Crippen LogP) is 4.86. The van der Waals surface area contributed by atoms with Crippen LogP contribution in [0.2, 0.25) is 0 Å². The van der Waals surface area contributed by atoms with Gasteiger partial charge in [0.25, 0.3) is 0 Å². The highest BCUT2D eigenvalue weighted by Gasteiger charge is 2.27. The van der Waals surface area contributed by atoms with Crippen molar-refractivity contribution in [3.05, 3.63) is 125 Å². The zero-order valence-corrected chi connectivity index (χ0v) is 24.7. The second-order valence-corrected chi connectivity index (χ2v) is 11.4. The van der Waals surface area contributed by atoms with Crippen molar-refractivity contribution in [2.45, 2.75) is 39.0 Å². The molecule has 2 aliphatic heterocycles. The van der Waals surface area contributed by atoms with Gasteiger partial charge in [0.15, 0.2) is 0 Å². The molecular weight excluding hydrogens is 518 g/mol. The molecule has 0 bridgehead atoms. The van der Waals surface area contributed by atoms with Crippen molar-refractivity contribution in [2.75, 3.05) is 39.4 Å². The molecule has 6 rings (SSSR count). The lowest BCUT2D eigenvalue weighted by atomic mass is 9.97. The number of pyridine rings is 1. The van der Waals surface area contributed by atoms with Crippen molar-refractivity contribution < 1.29 is 0 Å². The highest BCUT2D eigenvalue weighted by atomic mass is 15.2. The molecule has 0 amide bonds. The molecule has 0 fully saturated rings. The normalized spacial score (nSPS) is 16.9. The Labute approximate surface area is 249 Å². The first-order valence-electron chi connectivity index (χ1n) is 15.3. The largest absolute Gasteiger partial charge is 0.384 e. The average molecular weight is 562 g/mol. The second kappa shape index (κ2) is 13.9. The highest BCUT2D eigenvalue weighted by Crippen LogP contribution is 2.34. The summed E-state index contributed by atoms with van der Waals surface area (Å²) in [6, 6.07) is 24.4. The fourth-order valence-corrected chi connectivity index (χ4v) is 6.08. The van der Waals surface area contributed by atoms with Gasteiger partial charge in [-0.2, -0.15) is 0 Å². The molecule has 218 valence electrons. The summed E-state index contributed by atoms with van der Waals surface area (Å²) in [6.07, 6.45) is 9.36. The molecule has 0 aliphatic carbocycles. The Hall–Kier alpha value is -3.75. The molecule has 1 atom stereocenters. The molecule has 42 heavy (non-hydrogen) atoms. The van der Waals surface area contributed by atoms with E-state index in [0.29, 0.717) is 6.04 Å². The minimum Gasteiger partial charge on any atom is -0.384 e. The smallest absolute Gasteiger partial charge is 0.0541 e. The van der Waals surface area contributed by atoms with E-state index in [9.17, 15) is 0 Å². The lowest BCUT2D eigenvalue weighted by Crippen LogP contribution is -2.40. The standard InChI is InChI=1S/C35H43N7/c1-27-35-33(32-10-2-3-11-34(32)40-35)16-20-42(27)25-29-14-12-28(13-15-29)24-41(26-37-23-31-9-5-7-18-39-31)21-19-36-22-30-8-4-6-17-38-30/h2-15,17,27,36-37,39-40H,16,18-26H2,1H3. The van der Waals surface area contributed by atoms with Crippen molar-refractivity contribution >= 4 is 10.9 Å². The number of para-hydroxylation sites is 1. The molecule has 2 aromatic heterocycles. The molecule has 7 heteroatoms. The second-order valence-electron chi connectivity index (χ2n) is 11.4. The van der Waals surface area contributed by atoms with E-state index in [-0.39, 0.29) is 0 Å². The maximum absolute atomic E-state index is 4.43. The Balaban J connectivity index is 1.04. The first-order chi connectivity index (χ1) is 20.7. The Kier molecular flexibility index (Phi) is 9.42. The Morgan fingerprint density at radius 3 is 2.67 bits per heavy atom. The number of H-pyrrole nitrogens is 1. The summed E-state index contributed by atoms with van der Waals surface area (Å²) in [4.78, 5) is 13.2. The minimum atomic E-state index is 0.380. The number of dihydropyridines is 1. The van der Waals surface area contributed by atoms with Gasteiger partial charge < -0.3 is 15.6 Å². The zero-order chi connectivity index (χ0) is 28.6. The number of aromatic amines is 1. The van der Waals surface area contributed by atoms with Crippen LogP contribution in [-0.4, -0.2) is 59.2 Å². The number of aromatic nitrogens is 2. The average Bonchev–Trinajstić information content (AvgIpc) is 3.42. The molecule has 0 radical (unpaired) electrons. The quantitative estimate of drug-likeness (QED) is 0.138. The third-order valence-electron chi connectivity index (χ3n) is 8.44. The molecule has 0 saturated heterocycles. The van der Waals surface area contributed by atoms with Gasteiger partial charge in [-0.1, -0.05) is 60.7 Å². The van der Waals surface area contributed by atoms with Crippen LogP contribution < -0.4 is 16.0 Å². The number of allylic oxidation sites excluding steroid dienone is 2. The van der Waals surface area contributed by atoms with Crippen LogP contribution in [0.1, 0.15) is 41.0 Å². The summed E-state index contributed by atoms with van der Waals surface area (Å²) in [5, 5.41) is 12.0. The topological polar surface area (TPSA) is 71.2 Å². The third-order valence-corrected chi connectivity index (χ3v) is 8.44. The van der Waals surface area contributed by atoms with Gasteiger partial charge in [-0.05, 0) is 54.3 Å². The molecule has 1 unspecified atom stereocenters. The number of benzene rings is 2. The van der Waals surface area contributed by atoms with Crippen molar-refractivity contribution in [3.8, 4) is 0 Å². The van der Waals surface area contributed by atoms with E-state index >= 15 is 0 Å².